The lowest BCUT2D eigenvalue weighted by Crippen LogP contribution is -2.43. The van der Waals surface area contributed by atoms with Crippen LogP contribution in [0.15, 0.2) is 48.5 Å². The van der Waals surface area contributed by atoms with E-state index in [4.69, 9.17) is 0 Å². The molecule has 0 spiro atoms. The number of hydrogen-bond acceptors (Lipinski definition) is 2. The predicted molar refractivity (Wildman–Crippen MR) is 103 cm³/mol. The number of rotatable bonds is 4. The van der Waals surface area contributed by atoms with Crippen molar-refractivity contribution in [3.63, 3.8) is 0 Å². The Morgan fingerprint density at radius 3 is 2.20 bits per heavy atom. The molecule has 1 aliphatic heterocycles. The summed E-state index contributed by atoms with van der Waals surface area (Å²) in [6.45, 7) is 7.25. The zero-order valence-electron chi connectivity index (χ0n) is 15.4. The van der Waals surface area contributed by atoms with Crippen LogP contribution in [0.1, 0.15) is 48.1 Å². The lowest BCUT2D eigenvalue weighted by Gasteiger charge is -2.29. The van der Waals surface area contributed by atoms with Crippen LogP contribution in [-0.4, -0.2) is 18.5 Å². The van der Waals surface area contributed by atoms with E-state index < -0.39 is 0 Å². The Labute approximate surface area is 150 Å². The molecule has 1 aliphatic rings. The number of carbonyl (C=O) groups is 1. The summed E-state index contributed by atoms with van der Waals surface area (Å²) in [6.07, 6.45) is 1.81. The number of benzene rings is 2. The third kappa shape index (κ3) is 4.49. The van der Waals surface area contributed by atoms with Crippen molar-refractivity contribution >= 4 is 5.91 Å². The highest BCUT2D eigenvalue weighted by atomic mass is 16.1. The molecule has 3 rings (SSSR count). The van der Waals surface area contributed by atoms with E-state index in [2.05, 4.69) is 79.9 Å². The summed E-state index contributed by atoms with van der Waals surface area (Å²) in [4.78, 5) is 12.9. The zero-order valence-corrected chi connectivity index (χ0v) is 15.4. The maximum atomic E-state index is 12.9. The minimum absolute atomic E-state index is 0.0911. The van der Waals surface area contributed by atoms with Crippen molar-refractivity contribution in [2.75, 3.05) is 6.54 Å². The van der Waals surface area contributed by atoms with E-state index in [0.717, 1.165) is 30.5 Å². The highest BCUT2D eigenvalue weighted by Crippen LogP contribution is 2.25. The number of nitrogens with one attached hydrogen (secondary N) is 2. The van der Waals surface area contributed by atoms with Gasteiger partial charge in [-0.2, -0.15) is 0 Å². The SMILES string of the molecule is Cc1cccc(C(NC(=O)[C@H]2CCN[C@@H](C)C2)c2cccc(C)c2)c1. The van der Waals surface area contributed by atoms with Crippen molar-refractivity contribution in [1.29, 1.82) is 0 Å². The molecule has 2 N–H and O–H groups in total. The van der Waals surface area contributed by atoms with Crippen LogP contribution in [0.3, 0.4) is 0 Å². The first kappa shape index (κ1) is 17.7. The normalized spacial score (nSPS) is 20.5. The quantitative estimate of drug-likeness (QED) is 0.889. The highest BCUT2D eigenvalue weighted by molar-refractivity contribution is 5.79. The first-order chi connectivity index (χ1) is 12.0. The van der Waals surface area contributed by atoms with Crippen molar-refractivity contribution in [2.24, 2.45) is 5.92 Å². The number of piperidine rings is 1. The van der Waals surface area contributed by atoms with Gasteiger partial charge in [0.15, 0.2) is 0 Å². The van der Waals surface area contributed by atoms with E-state index in [-0.39, 0.29) is 17.9 Å². The monoisotopic (exact) mass is 336 g/mol. The topological polar surface area (TPSA) is 41.1 Å². The average Bonchev–Trinajstić information content (AvgIpc) is 2.59. The molecule has 2 aromatic carbocycles. The third-order valence-electron chi connectivity index (χ3n) is 5.03. The Bertz CT molecular complexity index is 695. The Kier molecular flexibility index (Phi) is 5.54. The molecule has 1 fully saturated rings. The molecule has 25 heavy (non-hydrogen) atoms. The maximum Gasteiger partial charge on any atom is 0.223 e. The molecule has 3 heteroatoms. The lowest BCUT2D eigenvalue weighted by molar-refractivity contribution is -0.126. The Morgan fingerprint density at radius 2 is 1.68 bits per heavy atom. The van der Waals surface area contributed by atoms with E-state index in [9.17, 15) is 4.79 Å². The smallest absolute Gasteiger partial charge is 0.223 e. The van der Waals surface area contributed by atoms with Gasteiger partial charge >= 0.3 is 0 Å². The minimum Gasteiger partial charge on any atom is -0.345 e. The molecule has 0 bridgehead atoms. The lowest BCUT2D eigenvalue weighted by atomic mass is 9.90. The molecular formula is C22H28N2O. The molecule has 132 valence electrons. The van der Waals surface area contributed by atoms with E-state index >= 15 is 0 Å². The standard InChI is InChI=1S/C22H28N2O/c1-15-6-4-8-18(12-15)21(19-9-5-7-16(2)13-19)24-22(25)20-10-11-23-17(3)14-20/h4-9,12-13,17,20-21,23H,10-11,14H2,1-3H3,(H,24,25)/t17-,20-/m0/s1. The molecule has 1 amide bonds. The van der Waals surface area contributed by atoms with Gasteiger partial charge in [-0.05, 0) is 51.3 Å². The van der Waals surface area contributed by atoms with Crippen LogP contribution in [0.4, 0.5) is 0 Å². The zero-order chi connectivity index (χ0) is 17.8. The van der Waals surface area contributed by atoms with Gasteiger partial charge in [0, 0.05) is 12.0 Å². The van der Waals surface area contributed by atoms with Crippen molar-refractivity contribution in [3.8, 4) is 0 Å². The number of aryl methyl sites for hydroxylation is 2. The molecule has 3 nitrogen and oxygen atoms in total. The van der Waals surface area contributed by atoms with Crippen LogP contribution in [0.2, 0.25) is 0 Å². The summed E-state index contributed by atoms with van der Waals surface area (Å²) in [5, 5.41) is 6.75. The van der Waals surface area contributed by atoms with Crippen molar-refractivity contribution < 1.29 is 4.79 Å². The van der Waals surface area contributed by atoms with Crippen LogP contribution in [0, 0.1) is 19.8 Å². The fraction of sp³-hybridized carbons (Fsp3) is 0.409. The molecule has 2 atom stereocenters. The molecule has 0 aromatic heterocycles. The predicted octanol–water partition coefficient (Wildman–Crippen LogP) is 3.90. The van der Waals surface area contributed by atoms with E-state index in [0.29, 0.717) is 6.04 Å². The van der Waals surface area contributed by atoms with E-state index in [1.807, 2.05) is 0 Å². The van der Waals surface area contributed by atoms with Gasteiger partial charge in [-0.1, -0.05) is 59.7 Å². The number of hydrogen-bond donors (Lipinski definition) is 2. The van der Waals surface area contributed by atoms with Crippen LogP contribution in [0.5, 0.6) is 0 Å². The third-order valence-corrected chi connectivity index (χ3v) is 5.03. The number of carbonyl (C=O) groups excluding carboxylic acids is 1. The molecular weight excluding hydrogens is 308 g/mol. The second kappa shape index (κ2) is 7.83. The van der Waals surface area contributed by atoms with Gasteiger partial charge in [0.2, 0.25) is 5.91 Å². The van der Waals surface area contributed by atoms with Gasteiger partial charge in [-0.15, -0.1) is 0 Å². The van der Waals surface area contributed by atoms with Crippen molar-refractivity contribution in [2.45, 2.75) is 45.7 Å². The molecule has 2 aromatic rings. The molecule has 0 unspecified atom stereocenters. The molecule has 1 saturated heterocycles. The Hall–Kier alpha value is -2.13. The summed E-state index contributed by atoms with van der Waals surface area (Å²) in [6, 6.07) is 17.1. The Balaban J connectivity index is 1.87. The first-order valence-corrected chi connectivity index (χ1v) is 9.20. The first-order valence-electron chi connectivity index (χ1n) is 9.20. The second-order valence-corrected chi connectivity index (χ2v) is 7.35. The van der Waals surface area contributed by atoms with Gasteiger partial charge in [0.1, 0.15) is 0 Å². The molecule has 1 heterocycles. The van der Waals surface area contributed by atoms with Crippen LogP contribution >= 0.6 is 0 Å². The van der Waals surface area contributed by atoms with Gasteiger partial charge in [-0.25, -0.2) is 0 Å². The molecule has 0 aliphatic carbocycles. The fourth-order valence-electron chi connectivity index (χ4n) is 3.69. The van der Waals surface area contributed by atoms with E-state index in [1.165, 1.54) is 11.1 Å². The largest absolute Gasteiger partial charge is 0.345 e. The van der Waals surface area contributed by atoms with Gasteiger partial charge in [0.25, 0.3) is 0 Å². The average molecular weight is 336 g/mol. The summed E-state index contributed by atoms with van der Waals surface area (Å²) in [7, 11) is 0. The fourth-order valence-corrected chi connectivity index (χ4v) is 3.69. The van der Waals surface area contributed by atoms with Crippen molar-refractivity contribution in [1.82, 2.24) is 10.6 Å². The summed E-state index contributed by atoms with van der Waals surface area (Å²) >= 11 is 0. The summed E-state index contributed by atoms with van der Waals surface area (Å²) in [5.41, 5.74) is 4.70. The Morgan fingerprint density at radius 1 is 1.08 bits per heavy atom. The van der Waals surface area contributed by atoms with Gasteiger partial charge in [0.05, 0.1) is 6.04 Å². The molecule has 0 radical (unpaired) electrons. The van der Waals surface area contributed by atoms with Crippen LogP contribution in [-0.2, 0) is 4.79 Å². The summed E-state index contributed by atoms with van der Waals surface area (Å²) < 4.78 is 0. The van der Waals surface area contributed by atoms with Crippen molar-refractivity contribution in [3.05, 3.63) is 70.8 Å². The number of amides is 1. The maximum absolute atomic E-state index is 12.9. The highest BCUT2D eigenvalue weighted by Gasteiger charge is 2.27. The summed E-state index contributed by atoms with van der Waals surface area (Å²) in [5.74, 6) is 0.259. The second-order valence-electron chi connectivity index (χ2n) is 7.35. The van der Waals surface area contributed by atoms with Gasteiger partial charge < -0.3 is 10.6 Å². The van der Waals surface area contributed by atoms with E-state index in [1.54, 1.807) is 0 Å². The van der Waals surface area contributed by atoms with Crippen LogP contribution in [0.25, 0.3) is 0 Å². The minimum atomic E-state index is -0.0995. The molecule has 0 saturated carbocycles. The van der Waals surface area contributed by atoms with Crippen LogP contribution < -0.4 is 10.6 Å². The van der Waals surface area contributed by atoms with Gasteiger partial charge in [-0.3, -0.25) is 4.79 Å².